The van der Waals surface area contributed by atoms with Crippen LogP contribution in [0.25, 0.3) is 0 Å². The first-order valence-corrected chi connectivity index (χ1v) is 8.25. The molecule has 21 heavy (non-hydrogen) atoms. The molecule has 1 atom stereocenters. The van der Waals surface area contributed by atoms with Gasteiger partial charge in [-0.1, -0.05) is 43.7 Å². The Morgan fingerprint density at radius 1 is 1.14 bits per heavy atom. The first-order chi connectivity index (χ1) is 10.1. The van der Waals surface area contributed by atoms with Gasteiger partial charge in [-0.2, -0.15) is 0 Å². The van der Waals surface area contributed by atoms with Crippen molar-refractivity contribution in [1.29, 1.82) is 0 Å². The lowest BCUT2D eigenvalue weighted by Gasteiger charge is -2.23. The molecule has 2 rings (SSSR count). The average molecular weight is 310 g/mol. The molecule has 1 N–H and O–H groups in total. The standard InChI is InChI=1S/C17H24ClNO2/c1-13(21-16-11-9-14(18)10-12-16)17(20)19-15-7-5-3-2-4-6-8-15/h9-13,15H,2-8H2,1H3,(H,19,20). The van der Waals surface area contributed by atoms with E-state index in [2.05, 4.69) is 5.32 Å². The monoisotopic (exact) mass is 309 g/mol. The van der Waals surface area contributed by atoms with Crippen LogP contribution in [0.2, 0.25) is 5.02 Å². The first-order valence-electron chi connectivity index (χ1n) is 7.88. The summed E-state index contributed by atoms with van der Waals surface area (Å²) in [5, 5.41) is 3.79. The molecule has 0 bridgehead atoms. The zero-order chi connectivity index (χ0) is 15.1. The van der Waals surface area contributed by atoms with Gasteiger partial charge in [0.1, 0.15) is 5.75 Å². The first kappa shape index (κ1) is 16.2. The van der Waals surface area contributed by atoms with E-state index in [0.717, 1.165) is 12.8 Å². The van der Waals surface area contributed by atoms with Crippen LogP contribution < -0.4 is 10.1 Å². The van der Waals surface area contributed by atoms with E-state index in [1.807, 2.05) is 0 Å². The number of carbonyl (C=O) groups excluding carboxylic acids is 1. The van der Waals surface area contributed by atoms with Crippen molar-refractivity contribution in [2.24, 2.45) is 0 Å². The molecular formula is C17H24ClNO2. The molecule has 0 radical (unpaired) electrons. The number of nitrogens with one attached hydrogen (secondary N) is 1. The second kappa shape index (κ2) is 8.28. The highest BCUT2D eigenvalue weighted by molar-refractivity contribution is 6.30. The summed E-state index contributed by atoms with van der Waals surface area (Å²) in [6, 6.07) is 7.38. The average Bonchev–Trinajstić information content (AvgIpc) is 2.44. The summed E-state index contributed by atoms with van der Waals surface area (Å²) in [4.78, 5) is 12.2. The number of carbonyl (C=O) groups is 1. The molecule has 1 aromatic rings. The molecule has 1 aromatic carbocycles. The van der Waals surface area contributed by atoms with Crippen LogP contribution in [0, 0.1) is 0 Å². The molecule has 0 heterocycles. The van der Waals surface area contributed by atoms with Gasteiger partial charge in [-0.3, -0.25) is 4.79 Å². The van der Waals surface area contributed by atoms with Gasteiger partial charge in [0.15, 0.2) is 6.10 Å². The van der Waals surface area contributed by atoms with Crippen molar-refractivity contribution in [3.63, 3.8) is 0 Å². The van der Waals surface area contributed by atoms with E-state index in [1.54, 1.807) is 31.2 Å². The molecule has 1 fully saturated rings. The SMILES string of the molecule is CC(Oc1ccc(Cl)cc1)C(=O)NC1CCCCCCC1. The number of rotatable bonds is 4. The van der Waals surface area contributed by atoms with E-state index in [4.69, 9.17) is 16.3 Å². The van der Waals surface area contributed by atoms with Crippen molar-refractivity contribution in [3.8, 4) is 5.75 Å². The number of benzene rings is 1. The second-order valence-corrected chi connectivity index (χ2v) is 6.20. The summed E-state index contributed by atoms with van der Waals surface area (Å²) in [5.41, 5.74) is 0. The quantitative estimate of drug-likeness (QED) is 0.898. The molecule has 0 spiro atoms. The summed E-state index contributed by atoms with van der Waals surface area (Å²) < 4.78 is 5.66. The van der Waals surface area contributed by atoms with E-state index in [1.165, 1.54) is 32.1 Å². The minimum Gasteiger partial charge on any atom is -0.481 e. The zero-order valence-corrected chi connectivity index (χ0v) is 13.4. The normalized spacial score (nSPS) is 18.4. The van der Waals surface area contributed by atoms with Crippen molar-refractivity contribution in [3.05, 3.63) is 29.3 Å². The molecular weight excluding hydrogens is 286 g/mol. The van der Waals surface area contributed by atoms with E-state index < -0.39 is 6.10 Å². The summed E-state index contributed by atoms with van der Waals surface area (Å²) >= 11 is 5.83. The van der Waals surface area contributed by atoms with Crippen molar-refractivity contribution >= 4 is 17.5 Å². The second-order valence-electron chi connectivity index (χ2n) is 5.76. The third kappa shape index (κ3) is 5.58. The molecule has 3 nitrogen and oxygen atoms in total. The lowest BCUT2D eigenvalue weighted by atomic mass is 9.96. The Hall–Kier alpha value is -1.22. The van der Waals surface area contributed by atoms with Crippen LogP contribution in [-0.4, -0.2) is 18.1 Å². The molecule has 1 aliphatic rings. The minimum absolute atomic E-state index is 0.0319. The lowest BCUT2D eigenvalue weighted by Crippen LogP contribution is -2.42. The Morgan fingerprint density at radius 3 is 2.33 bits per heavy atom. The fourth-order valence-corrected chi connectivity index (χ4v) is 2.82. The van der Waals surface area contributed by atoms with Gasteiger partial charge in [-0.25, -0.2) is 0 Å². The fourth-order valence-electron chi connectivity index (χ4n) is 2.69. The van der Waals surface area contributed by atoms with E-state index in [9.17, 15) is 4.79 Å². The molecule has 0 aliphatic heterocycles. The molecule has 0 saturated heterocycles. The van der Waals surface area contributed by atoms with E-state index >= 15 is 0 Å². The van der Waals surface area contributed by atoms with Crippen LogP contribution >= 0.6 is 11.6 Å². The Balaban J connectivity index is 1.82. The lowest BCUT2D eigenvalue weighted by molar-refractivity contribution is -0.128. The number of hydrogen-bond donors (Lipinski definition) is 1. The van der Waals surface area contributed by atoms with Crippen LogP contribution in [0.4, 0.5) is 0 Å². The minimum atomic E-state index is -0.489. The fraction of sp³-hybridized carbons (Fsp3) is 0.588. The van der Waals surface area contributed by atoms with Gasteiger partial charge in [0.25, 0.3) is 5.91 Å². The maximum atomic E-state index is 12.2. The molecule has 1 amide bonds. The highest BCUT2D eigenvalue weighted by Gasteiger charge is 2.19. The Morgan fingerprint density at radius 2 is 1.71 bits per heavy atom. The maximum Gasteiger partial charge on any atom is 0.260 e. The summed E-state index contributed by atoms with van der Waals surface area (Å²) in [7, 11) is 0. The van der Waals surface area contributed by atoms with E-state index in [0.29, 0.717) is 16.8 Å². The maximum absolute atomic E-state index is 12.2. The molecule has 0 aromatic heterocycles. The van der Waals surface area contributed by atoms with Crippen LogP contribution in [0.3, 0.4) is 0 Å². The topological polar surface area (TPSA) is 38.3 Å². The number of hydrogen-bond acceptors (Lipinski definition) is 2. The van der Waals surface area contributed by atoms with E-state index in [-0.39, 0.29) is 5.91 Å². The van der Waals surface area contributed by atoms with Crippen LogP contribution in [-0.2, 0) is 4.79 Å². The van der Waals surface area contributed by atoms with Gasteiger partial charge in [-0.15, -0.1) is 0 Å². The van der Waals surface area contributed by atoms with Gasteiger partial charge in [0.2, 0.25) is 0 Å². The third-order valence-electron chi connectivity index (χ3n) is 3.95. The van der Waals surface area contributed by atoms with Gasteiger partial charge < -0.3 is 10.1 Å². The molecule has 1 saturated carbocycles. The molecule has 1 unspecified atom stereocenters. The van der Waals surface area contributed by atoms with Gasteiger partial charge in [0.05, 0.1) is 0 Å². The van der Waals surface area contributed by atoms with Gasteiger partial charge in [-0.05, 0) is 44.0 Å². The molecule has 1 aliphatic carbocycles. The van der Waals surface area contributed by atoms with Crippen LogP contribution in [0.1, 0.15) is 51.9 Å². The number of halogens is 1. The summed E-state index contributed by atoms with van der Waals surface area (Å²) in [6.45, 7) is 1.78. The number of ether oxygens (including phenoxy) is 1. The predicted molar refractivity (Wildman–Crippen MR) is 85.8 cm³/mol. The predicted octanol–water partition coefficient (Wildman–Crippen LogP) is 4.34. The molecule has 4 heteroatoms. The van der Waals surface area contributed by atoms with Crippen LogP contribution in [0.15, 0.2) is 24.3 Å². The van der Waals surface area contributed by atoms with Gasteiger partial charge in [0, 0.05) is 11.1 Å². The van der Waals surface area contributed by atoms with Crippen molar-refractivity contribution < 1.29 is 9.53 Å². The van der Waals surface area contributed by atoms with Crippen molar-refractivity contribution in [2.45, 2.75) is 64.0 Å². The van der Waals surface area contributed by atoms with Crippen LogP contribution in [0.5, 0.6) is 5.75 Å². The van der Waals surface area contributed by atoms with Crippen molar-refractivity contribution in [2.75, 3.05) is 0 Å². The summed E-state index contributed by atoms with van der Waals surface area (Å²) in [5.74, 6) is 0.634. The van der Waals surface area contributed by atoms with Crippen molar-refractivity contribution in [1.82, 2.24) is 5.32 Å². The largest absolute Gasteiger partial charge is 0.481 e. The number of amides is 1. The Bertz CT molecular complexity index is 439. The smallest absolute Gasteiger partial charge is 0.260 e. The highest BCUT2D eigenvalue weighted by Crippen LogP contribution is 2.19. The Labute approximate surface area is 132 Å². The molecule has 116 valence electrons. The highest BCUT2D eigenvalue weighted by atomic mass is 35.5. The summed E-state index contributed by atoms with van der Waals surface area (Å²) in [6.07, 6.45) is 7.98. The third-order valence-corrected chi connectivity index (χ3v) is 4.20. The van der Waals surface area contributed by atoms with Gasteiger partial charge >= 0.3 is 0 Å². The zero-order valence-electron chi connectivity index (χ0n) is 12.6. The Kier molecular flexibility index (Phi) is 6.37.